The molecule has 1 aromatic heterocycles. The molecule has 0 saturated carbocycles. The predicted molar refractivity (Wildman–Crippen MR) is 72.8 cm³/mol. The van der Waals surface area contributed by atoms with Crippen molar-refractivity contribution >= 4 is 11.6 Å². The number of ether oxygens (including phenoxy) is 1. The van der Waals surface area contributed by atoms with E-state index >= 15 is 0 Å². The van der Waals surface area contributed by atoms with Gasteiger partial charge in [-0.15, -0.1) is 0 Å². The molecule has 2 rings (SSSR count). The summed E-state index contributed by atoms with van der Waals surface area (Å²) in [6, 6.07) is 11.4. The zero-order valence-corrected chi connectivity index (χ0v) is 10.7. The molecule has 0 aliphatic carbocycles. The molecule has 0 amide bonds. The van der Waals surface area contributed by atoms with E-state index in [4.69, 9.17) is 22.1 Å². The second-order valence-corrected chi connectivity index (χ2v) is 4.25. The number of nitrogens with two attached hydrogens (primary N) is 1. The van der Waals surface area contributed by atoms with E-state index in [1.54, 1.807) is 6.20 Å². The highest BCUT2D eigenvalue weighted by molar-refractivity contribution is 6.31. The lowest BCUT2D eigenvalue weighted by atomic mass is 10.2. The minimum absolute atomic E-state index is 0.374. The number of hydrogen-bond donors (Lipinski definition) is 1. The lowest BCUT2D eigenvalue weighted by Gasteiger charge is -2.11. The topological polar surface area (TPSA) is 48.1 Å². The Morgan fingerprint density at radius 3 is 2.78 bits per heavy atom. The van der Waals surface area contributed by atoms with Crippen molar-refractivity contribution in [3.05, 3.63) is 58.9 Å². The zero-order chi connectivity index (χ0) is 12.8. The second-order valence-electron chi connectivity index (χ2n) is 3.84. The van der Waals surface area contributed by atoms with Gasteiger partial charge >= 0.3 is 0 Å². The molecule has 1 aromatic carbocycles. The Bertz CT molecular complexity index is 502. The Morgan fingerprint density at radius 1 is 1.17 bits per heavy atom. The maximum absolute atomic E-state index is 6.05. The number of benzene rings is 1. The van der Waals surface area contributed by atoms with Crippen LogP contribution in [-0.2, 0) is 13.0 Å². The molecule has 0 unspecified atom stereocenters. The first-order chi connectivity index (χ1) is 8.81. The smallest absolute Gasteiger partial charge is 0.125 e. The molecule has 0 spiro atoms. The average Bonchev–Trinajstić information content (AvgIpc) is 2.40. The highest BCUT2D eigenvalue weighted by Crippen LogP contribution is 2.25. The molecule has 4 heteroatoms. The van der Waals surface area contributed by atoms with Crippen LogP contribution in [0.2, 0.25) is 5.02 Å². The minimum Gasteiger partial charge on any atom is -0.493 e. The van der Waals surface area contributed by atoms with Gasteiger partial charge in [-0.3, -0.25) is 4.98 Å². The molecule has 3 nitrogen and oxygen atoms in total. The van der Waals surface area contributed by atoms with Crippen molar-refractivity contribution in [3.63, 3.8) is 0 Å². The largest absolute Gasteiger partial charge is 0.493 e. The van der Waals surface area contributed by atoms with Gasteiger partial charge in [-0.2, -0.15) is 0 Å². The van der Waals surface area contributed by atoms with E-state index < -0.39 is 0 Å². The molecule has 0 atom stereocenters. The highest BCUT2D eigenvalue weighted by Gasteiger charge is 2.06. The molecular weight excluding hydrogens is 248 g/mol. The molecule has 0 saturated heterocycles. The molecule has 0 radical (unpaired) electrons. The first kappa shape index (κ1) is 12.9. The molecule has 2 N–H and O–H groups in total. The number of halogens is 1. The fraction of sp³-hybridized carbons (Fsp3) is 0.214. The van der Waals surface area contributed by atoms with E-state index in [9.17, 15) is 0 Å². The van der Waals surface area contributed by atoms with Gasteiger partial charge in [-0.1, -0.05) is 23.7 Å². The Morgan fingerprint density at radius 2 is 2.06 bits per heavy atom. The van der Waals surface area contributed by atoms with E-state index in [0.29, 0.717) is 18.2 Å². The monoisotopic (exact) mass is 262 g/mol. The molecular formula is C14H15ClN2O. The molecule has 18 heavy (non-hydrogen) atoms. The zero-order valence-electron chi connectivity index (χ0n) is 9.97. The van der Waals surface area contributed by atoms with Crippen LogP contribution in [0, 0.1) is 0 Å². The van der Waals surface area contributed by atoms with Crippen molar-refractivity contribution in [2.75, 3.05) is 6.61 Å². The SMILES string of the molecule is NCc1c(Cl)cccc1OCCc1ccccn1. The number of hydrogen-bond acceptors (Lipinski definition) is 3. The van der Waals surface area contributed by atoms with Gasteiger partial charge in [0.25, 0.3) is 0 Å². The van der Waals surface area contributed by atoms with E-state index in [0.717, 1.165) is 23.4 Å². The number of nitrogens with zero attached hydrogens (tertiary/aromatic N) is 1. The summed E-state index contributed by atoms with van der Waals surface area (Å²) in [7, 11) is 0. The lowest BCUT2D eigenvalue weighted by molar-refractivity contribution is 0.317. The van der Waals surface area contributed by atoms with Crippen LogP contribution in [0.15, 0.2) is 42.6 Å². The Balaban J connectivity index is 1.96. The maximum atomic E-state index is 6.05. The summed E-state index contributed by atoms with van der Waals surface area (Å²) in [6.07, 6.45) is 2.54. The molecule has 94 valence electrons. The van der Waals surface area contributed by atoms with Crippen LogP contribution in [-0.4, -0.2) is 11.6 Å². The third-order valence-corrected chi connectivity index (χ3v) is 2.98. The summed E-state index contributed by atoms with van der Waals surface area (Å²) in [5.74, 6) is 0.751. The van der Waals surface area contributed by atoms with Gasteiger partial charge in [-0.25, -0.2) is 0 Å². The van der Waals surface area contributed by atoms with Gasteiger partial charge in [0.05, 0.1) is 6.61 Å². The summed E-state index contributed by atoms with van der Waals surface area (Å²) >= 11 is 6.05. The normalized spacial score (nSPS) is 10.3. The van der Waals surface area contributed by atoms with Gasteiger partial charge in [0, 0.05) is 35.4 Å². The Labute approximate surface area is 112 Å². The lowest BCUT2D eigenvalue weighted by Crippen LogP contribution is -2.06. The highest BCUT2D eigenvalue weighted by atomic mass is 35.5. The van der Waals surface area contributed by atoms with Gasteiger partial charge in [0.15, 0.2) is 0 Å². The van der Waals surface area contributed by atoms with Crippen molar-refractivity contribution in [1.29, 1.82) is 0 Å². The average molecular weight is 263 g/mol. The van der Waals surface area contributed by atoms with Gasteiger partial charge in [0.2, 0.25) is 0 Å². The second kappa shape index (κ2) is 6.38. The fourth-order valence-corrected chi connectivity index (χ4v) is 1.93. The van der Waals surface area contributed by atoms with Crippen LogP contribution in [0.25, 0.3) is 0 Å². The first-order valence-electron chi connectivity index (χ1n) is 5.81. The number of pyridine rings is 1. The molecule has 0 aliphatic rings. The van der Waals surface area contributed by atoms with Crippen LogP contribution in [0.5, 0.6) is 5.75 Å². The summed E-state index contributed by atoms with van der Waals surface area (Å²) in [5.41, 5.74) is 7.51. The summed E-state index contributed by atoms with van der Waals surface area (Å²) in [4.78, 5) is 4.24. The maximum Gasteiger partial charge on any atom is 0.125 e. The fourth-order valence-electron chi connectivity index (χ4n) is 1.68. The standard InChI is InChI=1S/C14H15ClN2O/c15-13-5-3-6-14(12(13)10-16)18-9-7-11-4-1-2-8-17-11/h1-6,8H,7,9-10,16H2. The van der Waals surface area contributed by atoms with Crippen molar-refractivity contribution in [3.8, 4) is 5.75 Å². The van der Waals surface area contributed by atoms with E-state index in [1.807, 2.05) is 36.4 Å². The van der Waals surface area contributed by atoms with Crippen LogP contribution in [0.4, 0.5) is 0 Å². The molecule has 1 heterocycles. The van der Waals surface area contributed by atoms with E-state index in [-0.39, 0.29) is 0 Å². The number of aromatic nitrogens is 1. The van der Waals surface area contributed by atoms with Crippen molar-refractivity contribution < 1.29 is 4.74 Å². The minimum atomic E-state index is 0.374. The molecule has 0 fully saturated rings. The van der Waals surface area contributed by atoms with Crippen LogP contribution >= 0.6 is 11.6 Å². The van der Waals surface area contributed by atoms with Crippen LogP contribution in [0.3, 0.4) is 0 Å². The van der Waals surface area contributed by atoms with E-state index in [2.05, 4.69) is 4.98 Å². The predicted octanol–water partition coefficient (Wildman–Crippen LogP) is 2.82. The molecule has 0 bridgehead atoms. The number of rotatable bonds is 5. The van der Waals surface area contributed by atoms with Gasteiger partial charge in [-0.05, 0) is 24.3 Å². The van der Waals surface area contributed by atoms with E-state index in [1.165, 1.54) is 0 Å². The van der Waals surface area contributed by atoms with Crippen molar-refractivity contribution in [2.45, 2.75) is 13.0 Å². The Kier molecular flexibility index (Phi) is 4.56. The third kappa shape index (κ3) is 3.22. The molecule has 2 aromatic rings. The summed E-state index contributed by atoms with van der Waals surface area (Å²) in [6.45, 7) is 0.933. The summed E-state index contributed by atoms with van der Waals surface area (Å²) in [5, 5.41) is 0.646. The van der Waals surface area contributed by atoms with Crippen molar-refractivity contribution in [2.24, 2.45) is 5.73 Å². The van der Waals surface area contributed by atoms with Gasteiger partial charge in [0.1, 0.15) is 5.75 Å². The van der Waals surface area contributed by atoms with Crippen LogP contribution in [0.1, 0.15) is 11.3 Å². The first-order valence-corrected chi connectivity index (χ1v) is 6.19. The van der Waals surface area contributed by atoms with Gasteiger partial charge < -0.3 is 10.5 Å². The van der Waals surface area contributed by atoms with Crippen molar-refractivity contribution in [1.82, 2.24) is 4.98 Å². The Hall–Kier alpha value is -1.58. The quantitative estimate of drug-likeness (QED) is 0.901. The summed E-state index contributed by atoms with van der Waals surface area (Å²) < 4.78 is 5.71. The van der Waals surface area contributed by atoms with Crippen LogP contribution < -0.4 is 10.5 Å². The molecule has 0 aliphatic heterocycles. The third-order valence-electron chi connectivity index (χ3n) is 2.62.